The van der Waals surface area contributed by atoms with Gasteiger partial charge in [0, 0.05) is 6.04 Å². The summed E-state index contributed by atoms with van der Waals surface area (Å²) in [5.74, 6) is 0.247. The quantitative estimate of drug-likeness (QED) is 0.712. The average molecular weight is 199 g/mol. The van der Waals surface area contributed by atoms with Gasteiger partial charge in [-0.15, -0.1) is 0 Å². The summed E-state index contributed by atoms with van der Waals surface area (Å²) in [6.45, 7) is 12.3. The molecule has 0 rings (SSSR count). The van der Waals surface area contributed by atoms with Crippen LogP contribution in [-0.2, 0) is 4.79 Å². The van der Waals surface area contributed by atoms with E-state index in [2.05, 4.69) is 39.9 Å². The molecule has 0 radical (unpaired) electrons. The molecule has 1 N–H and O–H groups in total. The van der Waals surface area contributed by atoms with Gasteiger partial charge >= 0.3 is 0 Å². The van der Waals surface area contributed by atoms with Crippen molar-refractivity contribution in [3.63, 3.8) is 0 Å². The Hall–Kier alpha value is -0.370. The summed E-state index contributed by atoms with van der Waals surface area (Å²) in [7, 11) is 0. The molecular formula is C12H25NO. The number of hydrogen-bond donors (Lipinski definition) is 1. The Kier molecular flexibility index (Phi) is 5.35. The maximum absolute atomic E-state index is 11.5. The van der Waals surface area contributed by atoms with E-state index in [0.29, 0.717) is 6.04 Å². The fourth-order valence-electron chi connectivity index (χ4n) is 2.02. The molecule has 0 amide bonds. The van der Waals surface area contributed by atoms with Gasteiger partial charge in [-0.1, -0.05) is 41.0 Å². The lowest BCUT2D eigenvalue weighted by atomic mass is 9.78. The molecule has 14 heavy (non-hydrogen) atoms. The number of Topliss-reactive ketones (excluding diaryl/α,β-unsaturated/α-hetero) is 1. The van der Waals surface area contributed by atoms with Crippen molar-refractivity contribution < 1.29 is 4.79 Å². The first kappa shape index (κ1) is 13.6. The second kappa shape index (κ2) is 5.50. The van der Waals surface area contributed by atoms with E-state index in [9.17, 15) is 4.79 Å². The predicted octanol–water partition coefficient (Wildman–Crippen LogP) is 2.77. The van der Waals surface area contributed by atoms with E-state index < -0.39 is 0 Å². The van der Waals surface area contributed by atoms with Crippen LogP contribution in [0.2, 0.25) is 0 Å². The van der Waals surface area contributed by atoms with Gasteiger partial charge in [0.2, 0.25) is 0 Å². The number of rotatable bonds is 6. The maximum Gasteiger partial charge on any atom is 0.147 e. The standard InChI is InChI=1S/C12H25NO/c1-7-8-12(5,6)11(10(4)14)13-9(2)3/h9,11,13H,7-8H2,1-6H3. The molecular weight excluding hydrogens is 174 g/mol. The molecule has 0 heterocycles. The third-order valence-electron chi connectivity index (χ3n) is 2.58. The Balaban J connectivity index is 4.54. The summed E-state index contributed by atoms with van der Waals surface area (Å²) >= 11 is 0. The van der Waals surface area contributed by atoms with Gasteiger partial charge in [-0.25, -0.2) is 0 Å². The van der Waals surface area contributed by atoms with Gasteiger partial charge in [0.05, 0.1) is 6.04 Å². The molecule has 0 saturated heterocycles. The zero-order chi connectivity index (χ0) is 11.4. The van der Waals surface area contributed by atoms with Crippen molar-refractivity contribution in [3.8, 4) is 0 Å². The third kappa shape index (κ3) is 4.23. The van der Waals surface area contributed by atoms with Gasteiger partial charge in [0.1, 0.15) is 5.78 Å². The van der Waals surface area contributed by atoms with Crippen LogP contribution in [0.25, 0.3) is 0 Å². The van der Waals surface area contributed by atoms with Crippen LogP contribution in [0.4, 0.5) is 0 Å². The molecule has 0 aromatic rings. The lowest BCUT2D eigenvalue weighted by Gasteiger charge is -2.34. The van der Waals surface area contributed by atoms with E-state index in [1.54, 1.807) is 6.92 Å². The molecule has 2 nitrogen and oxygen atoms in total. The number of nitrogens with one attached hydrogen (secondary N) is 1. The molecule has 0 aliphatic rings. The molecule has 1 atom stereocenters. The van der Waals surface area contributed by atoms with Crippen molar-refractivity contribution in [3.05, 3.63) is 0 Å². The molecule has 84 valence electrons. The minimum absolute atomic E-state index is 0.0116. The zero-order valence-corrected chi connectivity index (χ0v) is 10.5. The predicted molar refractivity (Wildman–Crippen MR) is 61.4 cm³/mol. The molecule has 0 aliphatic heterocycles. The summed E-state index contributed by atoms with van der Waals surface area (Å²) in [6.07, 6.45) is 2.20. The summed E-state index contributed by atoms with van der Waals surface area (Å²) in [5, 5.41) is 3.35. The first-order valence-electron chi connectivity index (χ1n) is 5.57. The fourth-order valence-corrected chi connectivity index (χ4v) is 2.02. The highest BCUT2D eigenvalue weighted by atomic mass is 16.1. The number of carbonyl (C=O) groups excluding carboxylic acids is 1. The van der Waals surface area contributed by atoms with Crippen LogP contribution < -0.4 is 5.32 Å². The van der Waals surface area contributed by atoms with Gasteiger partial charge < -0.3 is 5.32 Å². The van der Waals surface area contributed by atoms with Gasteiger partial charge in [-0.3, -0.25) is 4.79 Å². The smallest absolute Gasteiger partial charge is 0.147 e. The molecule has 0 aromatic heterocycles. The van der Waals surface area contributed by atoms with Crippen molar-refractivity contribution in [1.29, 1.82) is 0 Å². The number of ketones is 1. The van der Waals surface area contributed by atoms with Crippen molar-refractivity contribution in [2.45, 2.75) is 66.5 Å². The van der Waals surface area contributed by atoms with Crippen LogP contribution in [0.3, 0.4) is 0 Å². The lowest BCUT2D eigenvalue weighted by Crippen LogP contribution is -2.49. The molecule has 0 aromatic carbocycles. The topological polar surface area (TPSA) is 29.1 Å². The minimum Gasteiger partial charge on any atom is -0.305 e. The Labute approximate surface area is 88.5 Å². The first-order valence-corrected chi connectivity index (χ1v) is 5.57. The highest BCUT2D eigenvalue weighted by Gasteiger charge is 2.32. The van der Waals surface area contributed by atoms with Crippen molar-refractivity contribution in [1.82, 2.24) is 5.32 Å². The maximum atomic E-state index is 11.5. The van der Waals surface area contributed by atoms with E-state index in [0.717, 1.165) is 12.8 Å². The molecule has 0 aliphatic carbocycles. The van der Waals surface area contributed by atoms with Crippen LogP contribution in [-0.4, -0.2) is 17.9 Å². The Bertz CT molecular complexity index is 185. The van der Waals surface area contributed by atoms with Crippen LogP contribution in [0, 0.1) is 5.41 Å². The van der Waals surface area contributed by atoms with E-state index in [1.807, 2.05) is 0 Å². The monoisotopic (exact) mass is 199 g/mol. The van der Waals surface area contributed by atoms with Gasteiger partial charge in [0.25, 0.3) is 0 Å². The Morgan fingerprint density at radius 1 is 1.36 bits per heavy atom. The third-order valence-corrected chi connectivity index (χ3v) is 2.58. The average Bonchev–Trinajstić information content (AvgIpc) is 1.99. The highest BCUT2D eigenvalue weighted by molar-refractivity contribution is 5.82. The van der Waals surface area contributed by atoms with E-state index >= 15 is 0 Å². The number of carbonyl (C=O) groups is 1. The minimum atomic E-state index is -0.0116. The van der Waals surface area contributed by atoms with Crippen LogP contribution in [0.15, 0.2) is 0 Å². The largest absolute Gasteiger partial charge is 0.305 e. The van der Waals surface area contributed by atoms with Gasteiger partial charge in [-0.05, 0) is 18.8 Å². The Morgan fingerprint density at radius 3 is 2.14 bits per heavy atom. The van der Waals surface area contributed by atoms with Crippen LogP contribution in [0.1, 0.15) is 54.4 Å². The zero-order valence-electron chi connectivity index (χ0n) is 10.5. The number of hydrogen-bond acceptors (Lipinski definition) is 2. The van der Waals surface area contributed by atoms with Crippen molar-refractivity contribution in [2.75, 3.05) is 0 Å². The van der Waals surface area contributed by atoms with Crippen molar-refractivity contribution in [2.24, 2.45) is 5.41 Å². The van der Waals surface area contributed by atoms with Gasteiger partial charge in [-0.2, -0.15) is 0 Å². The SMILES string of the molecule is CCCC(C)(C)C(NC(C)C)C(C)=O. The van der Waals surface area contributed by atoms with E-state index in [1.165, 1.54) is 0 Å². The second-order valence-corrected chi connectivity index (χ2v) is 5.10. The molecule has 0 fully saturated rings. The van der Waals surface area contributed by atoms with Crippen LogP contribution >= 0.6 is 0 Å². The summed E-state index contributed by atoms with van der Waals surface area (Å²) in [5.41, 5.74) is 0.0604. The van der Waals surface area contributed by atoms with Gasteiger partial charge in [0.15, 0.2) is 0 Å². The molecule has 0 spiro atoms. The van der Waals surface area contributed by atoms with E-state index in [4.69, 9.17) is 0 Å². The lowest BCUT2D eigenvalue weighted by molar-refractivity contribution is -0.122. The molecule has 0 saturated carbocycles. The second-order valence-electron chi connectivity index (χ2n) is 5.10. The normalized spacial score (nSPS) is 14.5. The molecule has 2 heteroatoms. The highest BCUT2D eigenvalue weighted by Crippen LogP contribution is 2.27. The summed E-state index contributed by atoms with van der Waals surface area (Å²) < 4.78 is 0. The fraction of sp³-hybridized carbons (Fsp3) is 0.917. The molecule has 1 unspecified atom stereocenters. The molecule has 0 bridgehead atoms. The van der Waals surface area contributed by atoms with Crippen molar-refractivity contribution >= 4 is 5.78 Å². The first-order chi connectivity index (χ1) is 6.31. The summed E-state index contributed by atoms with van der Waals surface area (Å²) in [4.78, 5) is 11.5. The van der Waals surface area contributed by atoms with Crippen LogP contribution in [0.5, 0.6) is 0 Å². The van der Waals surface area contributed by atoms with E-state index in [-0.39, 0.29) is 17.2 Å². The Morgan fingerprint density at radius 2 is 1.86 bits per heavy atom. The summed E-state index contributed by atoms with van der Waals surface area (Å²) in [6, 6.07) is 0.350.